The van der Waals surface area contributed by atoms with Crippen LogP contribution in [0.15, 0.2) is 24.3 Å². The van der Waals surface area contributed by atoms with E-state index in [0.29, 0.717) is 16.7 Å². The van der Waals surface area contributed by atoms with E-state index in [4.69, 9.17) is 0 Å². The molecule has 0 atom stereocenters. The zero-order valence-electron chi connectivity index (χ0n) is 12.5. The van der Waals surface area contributed by atoms with Gasteiger partial charge in [0, 0.05) is 11.3 Å². The first-order valence-electron chi connectivity index (χ1n) is 7.30. The summed E-state index contributed by atoms with van der Waals surface area (Å²) in [4.78, 5) is 12.4. The number of carbonyl (C=O) groups excluding carboxylic acids is 1. The lowest BCUT2D eigenvalue weighted by atomic mass is 10.1. The van der Waals surface area contributed by atoms with Crippen LogP contribution >= 0.6 is 11.3 Å². The Balaban J connectivity index is 1.80. The molecule has 3 rings (SSSR count). The molecule has 0 bridgehead atoms. The molecule has 0 radical (unpaired) electrons. The second kappa shape index (κ2) is 6.23. The van der Waals surface area contributed by atoms with Crippen molar-refractivity contribution in [2.75, 3.05) is 5.32 Å². The van der Waals surface area contributed by atoms with Gasteiger partial charge >= 0.3 is 0 Å². The summed E-state index contributed by atoms with van der Waals surface area (Å²) in [5, 5.41) is 20.2. The maximum atomic E-state index is 12.4. The van der Waals surface area contributed by atoms with Crippen LogP contribution in [0.5, 0.6) is 0 Å². The van der Waals surface area contributed by atoms with Gasteiger partial charge in [-0.1, -0.05) is 43.4 Å². The van der Waals surface area contributed by atoms with Crippen molar-refractivity contribution in [2.45, 2.75) is 32.6 Å². The first-order valence-corrected chi connectivity index (χ1v) is 8.12. The molecule has 3 aromatic rings. The van der Waals surface area contributed by atoms with Crippen LogP contribution in [0.3, 0.4) is 0 Å². The zero-order valence-corrected chi connectivity index (χ0v) is 13.3. The maximum Gasteiger partial charge on any atom is 0.278 e. The van der Waals surface area contributed by atoms with Gasteiger partial charge in [-0.15, -0.1) is 10.2 Å². The summed E-state index contributed by atoms with van der Waals surface area (Å²) < 4.78 is 0. The number of amides is 1. The Morgan fingerprint density at radius 1 is 1.27 bits per heavy atom. The van der Waals surface area contributed by atoms with E-state index in [9.17, 15) is 4.79 Å². The molecule has 0 aliphatic carbocycles. The first kappa shape index (κ1) is 14.6. The maximum absolute atomic E-state index is 12.4. The summed E-state index contributed by atoms with van der Waals surface area (Å²) in [6.45, 7) is 4.26. The molecule has 1 aromatic carbocycles. The second-order valence-corrected chi connectivity index (χ2v) is 6.04. The fraction of sp³-hybridized carbons (Fsp3) is 0.333. The quantitative estimate of drug-likeness (QED) is 0.754. The lowest BCUT2D eigenvalue weighted by Gasteiger charge is -2.05. The highest BCUT2D eigenvalue weighted by molar-refractivity contribution is 7.15. The van der Waals surface area contributed by atoms with Gasteiger partial charge in [0.05, 0.1) is 5.52 Å². The Kier molecular flexibility index (Phi) is 4.15. The van der Waals surface area contributed by atoms with E-state index < -0.39 is 0 Å². The Labute approximate surface area is 132 Å². The summed E-state index contributed by atoms with van der Waals surface area (Å²) in [5.74, 6) is 0.124. The second-order valence-electron chi connectivity index (χ2n) is 5.03. The van der Waals surface area contributed by atoms with Crippen molar-refractivity contribution in [3.63, 3.8) is 0 Å². The van der Waals surface area contributed by atoms with Gasteiger partial charge in [-0.2, -0.15) is 5.10 Å². The molecule has 7 heteroatoms. The number of nitrogens with zero attached hydrogens (tertiary/aromatic N) is 3. The number of hydrogen-bond donors (Lipinski definition) is 2. The van der Waals surface area contributed by atoms with Crippen molar-refractivity contribution in [2.24, 2.45) is 0 Å². The van der Waals surface area contributed by atoms with Crippen LogP contribution in [0.4, 0.5) is 5.13 Å². The molecule has 0 spiro atoms. The van der Waals surface area contributed by atoms with Gasteiger partial charge in [0.15, 0.2) is 5.69 Å². The number of fused-ring (bicyclic) bond motifs is 1. The Bertz CT molecular complexity index is 790. The van der Waals surface area contributed by atoms with Crippen LogP contribution in [-0.2, 0) is 0 Å². The highest BCUT2D eigenvalue weighted by Crippen LogP contribution is 2.28. The average molecular weight is 315 g/mol. The molecule has 1 amide bonds. The predicted octanol–water partition coefficient (Wildman–Crippen LogP) is 3.57. The Morgan fingerprint density at radius 3 is 2.82 bits per heavy atom. The number of aromatic nitrogens is 4. The monoisotopic (exact) mass is 315 g/mol. The van der Waals surface area contributed by atoms with Crippen molar-refractivity contribution in [3.05, 3.63) is 35.0 Å². The summed E-state index contributed by atoms with van der Waals surface area (Å²) in [7, 11) is 0. The van der Waals surface area contributed by atoms with E-state index >= 15 is 0 Å². The molecule has 6 nitrogen and oxygen atoms in total. The van der Waals surface area contributed by atoms with Gasteiger partial charge in [0.1, 0.15) is 5.01 Å². The number of para-hydroxylation sites is 1. The number of rotatable bonds is 5. The van der Waals surface area contributed by atoms with Crippen LogP contribution < -0.4 is 5.32 Å². The van der Waals surface area contributed by atoms with Crippen LogP contribution in [0, 0.1) is 0 Å². The van der Waals surface area contributed by atoms with Gasteiger partial charge < -0.3 is 0 Å². The van der Waals surface area contributed by atoms with Gasteiger partial charge in [0.2, 0.25) is 5.13 Å². The van der Waals surface area contributed by atoms with Crippen molar-refractivity contribution in [1.82, 2.24) is 20.4 Å². The smallest absolute Gasteiger partial charge is 0.278 e. The number of nitrogens with one attached hydrogen (secondary N) is 2. The molecule has 0 saturated heterocycles. The summed E-state index contributed by atoms with van der Waals surface area (Å²) in [6, 6.07) is 7.53. The fourth-order valence-electron chi connectivity index (χ4n) is 2.38. The standard InChI is InChI=1S/C15H17N5OS/c1-3-9(4-2)14-19-20-15(22-14)16-13(21)12-10-7-5-6-8-11(10)17-18-12/h5-9H,3-4H2,1-2H3,(H,17,18)(H,16,20,21). The van der Waals surface area contributed by atoms with Gasteiger partial charge in [-0.3, -0.25) is 15.2 Å². The fourth-order valence-corrected chi connectivity index (χ4v) is 3.39. The largest absolute Gasteiger partial charge is 0.295 e. The lowest BCUT2D eigenvalue weighted by Crippen LogP contribution is -2.12. The van der Waals surface area contributed by atoms with Crippen LogP contribution in [0.2, 0.25) is 0 Å². The third-order valence-electron chi connectivity index (χ3n) is 3.68. The van der Waals surface area contributed by atoms with Crippen molar-refractivity contribution in [1.29, 1.82) is 0 Å². The normalized spacial score (nSPS) is 11.2. The molecule has 22 heavy (non-hydrogen) atoms. The molecule has 0 unspecified atom stereocenters. The molecule has 2 aromatic heterocycles. The number of carbonyl (C=O) groups is 1. The van der Waals surface area contributed by atoms with Gasteiger partial charge in [0.25, 0.3) is 5.91 Å². The van der Waals surface area contributed by atoms with E-state index in [1.165, 1.54) is 11.3 Å². The number of benzene rings is 1. The van der Waals surface area contributed by atoms with E-state index in [0.717, 1.165) is 28.8 Å². The number of anilines is 1. The van der Waals surface area contributed by atoms with E-state index in [1.54, 1.807) is 0 Å². The number of hydrogen-bond acceptors (Lipinski definition) is 5. The molecular weight excluding hydrogens is 298 g/mol. The average Bonchev–Trinajstić information content (AvgIpc) is 3.15. The SMILES string of the molecule is CCC(CC)c1nnc(NC(=O)c2n[nH]c3ccccc23)s1. The molecule has 0 fully saturated rings. The molecule has 0 aliphatic rings. The zero-order chi connectivity index (χ0) is 15.5. The number of aromatic amines is 1. The third-order valence-corrected chi connectivity index (χ3v) is 4.68. The highest BCUT2D eigenvalue weighted by atomic mass is 32.1. The van der Waals surface area contributed by atoms with E-state index in [-0.39, 0.29) is 5.91 Å². The summed E-state index contributed by atoms with van der Waals surface area (Å²) in [5.41, 5.74) is 1.21. The molecule has 0 aliphatic heterocycles. The summed E-state index contributed by atoms with van der Waals surface area (Å²) in [6.07, 6.45) is 2.03. The third kappa shape index (κ3) is 2.71. The molecule has 114 valence electrons. The highest BCUT2D eigenvalue weighted by Gasteiger charge is 2.18. The summed E-state index contributed by atoms with van der Waals surface area (Å²) >= 11 is 1.43. The minimum absolute atomic E-state index is 0.273. The minimum atomic E-state index is -0.273. The number of H-pyrrole nitrogens is 1. The predicted molar refractivity (Wildman–Crippen MR) is 87.3 cm³/mol. The molecule has 2 N–H and O–H groups in total. The van der Waals surface area contributed by atoms with E-state index in [1.807, 2.05) is 24.3 Å². The molecule has 0 saturated carbocycles. The van der Waals surface area contributed by atoms with Crippen LogP contribution in [-0.4, -0.2) is 26.3 Å². The molecular formula is C15H17N5OS. The minimum Gasteiger partial charge on any atom is -0.295 e. The first-order chi connectivity index (χ1) is 10.7. The lowest BCUT2D eigenvalue weighted by molar-refractivity contribution is 0.102. The van der Waals surface area contributed by atoms with Crippen molar-refractivity contribution >= 4 is 33.3 Å². The van der Waals surface area contributed by atoms with Crippen LogP contribution in [0.1, 0.15) is 48.1 Å². The van der Waals surface area contributed by atoms with Crippen LogP contribution in [0.25, 0.3) is 10.9 Å². The van der Waals surface area contributed by atoms with Crippen molar-refractivity contribution < 1.29 is 4.79 Å². The van der Waals surface area contributed by atoms with Gasteiger partial charge in [-0.25, -0.2) is 0 Å². The molecule has 2 heterocycles. The van der Waals surface area contributed by atoms with Crippen molar-refractivity contribution in [3.8, 4) is 0 Å². The van der Waals surface area contributed by atoms with Gasteiger partial charge in [-0.05, 0) is 18.9 Å². The Morgan fingerprint density at radius 2 is 2.05 bits per heavy atom. The Hall–Kier alpha value is -2.28. The van der Waals surface area contributed by atoms with E-state index in [2.05, 4.69) is 39.6 Å². The topological polar surface area (TPSA) is 83.6 Å².